The van der Waals surface area contributed by atoms with Crippen LogP contribution in [0.15, 0.2) is 65.8 Å². The molecular weight excluding hydrogens is 340 g/mol. The summed E-state index contributed by atoms with van der Waals surface area (Å²) < 4.78 is 13.5. The number of aryl methyl sites for hydroxylation is 2. The smallest absolute Gasteiger partial charge is 0.303 e. The molecule has 0 amide bonds. The molecule has 0 unspecified atom stereocenters. The van der Waals surface area contributed by atoms with Gasteiger partial charge in [-0.2, -0.15) is 4.40 Å². The van der Waals surface area contributed by atoms with Crippen LogP contribution in [0.1, 0.15) is 11.3 Å². The number of hydrogen-bond donors (Lipinski definition) is 1. The average Bonchev–Trinajstić information content (AvgIpc) is 3.32. The highest BCUT2D eigenvalue weighted by molar-refractivity contribution is 5.82. The van der Waals surface area contributed by atoms with E-state index in [0.717, 1.165) is 44.9 Å². The van der Waals surface area contributed by atoms with Gasteiger partial charge in [0.25, 0.3) is 0 Å². The zero-order valence-electron chi connectivity index (χ0n) is 14.9. The van der Waals surface area contributed by atoms with Crippen molar-refractivity contribution in [1.82, 2.24) is 15.0 Å². The first-order chi connectivity index (χ1) is 13.2. The van der Waals surface area contributed by atoms with Crippen LogP contribution in [0.4, 0.5) is 0 Å². The standard InChI is InChI=1S/C21H16N4O2/c1-13-11-15(27-21-17-6-10-26-18(17)5-7-23-21)3-4-16(13)20-14(2)24-12-19-22-8-9-25(19)20/h3-12H,1-2H3/p+1. The number of H-pyrrole nitrogens is 1. The van der Waals surface area contributed by atoms with Gasteiger partial charge in [-0.1, -0.05) is 0 Å². The van der Waals surface area contributed by atoms with Crippen LogP contribution < -0.4 is 9.14 Å². The highest BCUT2D eigenvalue weighted by atomic mass is 16.5. The van der Waals surface area contributed by atoms with Crippen LogP contribution in [0, 0.1) is 13.8 Å². The van der Waals surface area contributed by atoms with E-state index in [0.29, 0.717) is 5.88 Å². The lowest BCUT2D eigenvalue weighted by molar-refractivity contribution is -0.498. The summed E-state index contributed by atoms with van der Waals surface area (Å²) in [6.45, 7) is 4.09. The highest BCUT2D eigenvalue weighted by Crippen LogP contribution is 2.31. The summed E-state index contributed by atoms with van der Waals surface area (Å²) in [5, 5.41) is 0.854. The van der Waals surface area contributed by atoms with E-state index in [-0.39, 0.29) is 0 Å². The topological polar surface area (TPSA) is 68.0 Å². The molecule has 0 aliphatic heterocycles. The molecule has 5 rings (SSSR count). The largest absolute Gasteiger partial charge is 0.464 e. The minimum atomic E-state index is 0.536. The maximum absolute atomic E-state index is 6.02. The zero-order chi connectivity index (χ0) is 18.4. The predicted molar refractivity (Wildman–Crippen MR) is 101 cm³/mol. The first-order valence-electron chi connectivity index (χ1n) is 8.66. The summed E-state index contributed by atoms with van der Waals surface area (Å²) in [6.07, 6.45) is 9.07. The molecule has 6 heteroatoms. The number of aromatic nitrogens is 4. The Labute approximate surface area is 155 Å². The number of hydrogen-bond acceptors (Lipinski definition) is 4. The molecule has 1 aromatic carbocycles. The van der Waals surface area contributed by atoms with Gasteiger partial charge in [0, 0.05) is 11.8 Å². The third-order valence-corrected chi connectivity index (χ3v) is 4.69. The normalized spacial score (nSPS) is 11.3. The Hall–Kier alpha value is -3.67. The summed E-state index contributed by atoms with van der Waals surface area (Å²) in [5.74, 6) is 1.27. The van der Waals surface area contributed by atoms with Crippen LogP contribution in [0.2, 0.25) is 0 Å². The minimum absolute atomic E-state index is 0.536. The van der Waals surface area contributed by atoms with E-state index in [1.807, 2.05) is 49.8 Å². The molecule has 6 nitrogen and oxygen atoms in total. The third-order valence-electron chi connectivity index (χ3n) is 4.69. The van der Waals surface area contributed by atoms with Gasteiger partial charge in [-0.25, -0.2) is 15.0 Å². The Morgan fingerprint density at radius 3 is 2.93 bits per heavy atom. The fourth-order valence-electron chi connectivity index (χ4n) is 3.39. The number of nitrogens with one attached hydrogen (secondary N) is 1. The molecule has 132 valence electrons. The van der Waals surface area contributed by atoms with Gasteiger partial charge in [0.1, 0.15) is 29.9 Å². The molecular formula is C21H17N4O2+. The number of pyridine rings is 1. The number of benzene rings is 1. The predicted octanol–water partition coefficient (Wildman–Crippen LogP) is 4.37. The summed E-state index contributed by atoms with van der Waals surface area (Å²) in [7, 11) is 0. The van der Waals surface area contributed by atoms with Gasteiger partial charge in [0.05, 0.1) is 17.3 Å². The lowest BCUT2D eigenvalue weighted by atomic mass is 10.0. The second kappa shape index (κ2) is 5.95. The Bertz CT molecular complexity index is 1290. The molecule has 4 heterocycles. The molecule has 0 aliphatic carbocycles. The van der Waals surface area contributed by atoms with E-state index >= 15 is 0 Å². The van der Waals surface area contributed by atoms with Crippen molar-refractivity contribution in [2.24, 2.45) is 0 Å². The van der Waals surface area contributed by atoms with Gasteiger partial charge in [-0.05, 0) is 49.7 Å². The molecule has 0 atom stereocenters. The summed E-state index contributed by atoms with van der Waals surface area (Å²) in [5.41, 5.74) is 5.94. The number of aromatic amines is 1. The van der Waals surface area contributed by atoms with E-state index in [2.05, 4.69) is 32.3 Å². The maximum atomic E-state index is 6.02. The average molecular weight is 357 g/mol. The first kappa shape index (κ1) is 15.6. The van der Waals surface area contributed by atoms with Crippen molar-refractivity contribution in [1.29, 1.82) is 0 Å². The molecule has 4 aromatic heterocycles. The van der Waals surface area contributed by atoms with Crippen molar-refractivity contribution in [3.63, 3.8) is 0 Å². The monoisotopic (exact) mass is 357 g/mol. The van der Waals surface area contributed by atoms with E-state index in [1.165, 1.54) is 0 Å². The van der Waals surface area contributed by atoms with E-state index in [4.69, 9.17) is 9.15 Å². The second-order valence-electron chi connectivity index (χ2n) is 6.43. The van der Waals surface area contributed by atoms with Crippen molar-refractivity contribution in [2.75, 3.05) is 0 Å². The lowest BCUT2D eigenvalue weighted by Gasteiger charge is -2.10. The quantitative estimate of drug-likeness (QED) is 0.487. The summed E-state index contributed by atoms with van der Waals surface area (Å²) >= 11 is 0. The number of nitrogens with zero attached hydrogens (tertiary/aromatic N) is 3. The SMILES string of the molecule is Cc1cc(Oc2nccc3occc23)ccc1-c1c(C)ncc2[nH]cc[n+]12. The van der Waals surface area contributed by atoms with Gasteiger partial charge in [0.2, 0.25) is 5.88 Å². The molecule has 27 heavy (non-hydrogen) atoms. The number of fused-ring (bicyclic) bond motifs is 2. The van der Waals surface area contributed by atoms with Crippen molar-refractivity contribution >= 4 is 16.6 Å². The maximum Gasteiger partial charge on any atom is 0.303 e. The lowest BCUT2D eigenvalue weighted by Crippen LogP contribution is -2.24. The second-order valence-corrected chi connectivity index (χ2v) is 6.43. The van der Waals surface area contributed by atoms with Gasteiger partial charge < -0.3 is 9.15 Å². The van der Waals surface area contributed by atoms with Crippen LogP contribution in [-0.4, -0.2) is 15.0 Å². The van der Waals surface area contributed by atoms with Crippen LogP contribution in [0.3, 0.4) is 0 Å². The van der Waals surface area contributed by atoms with Gasteiger partial charge in [-0.3, -0.25) is 0 Å². The number of rotatable bonds is 3. The number of ether oxygens (including phenoxy) is 1. The van der Waals surface area contributed by atoms with Crippen molar-refractivity contribution < 1.29 is 13.6 Å². The van der Waals surface area contributed by atoms with Crippen molar-refractivity contribution in [3.8, 4) is 22.9 Å². The van der Waals surface area contributed by atoms with Gasteiger partial charge in [0.15, 0.2) is 5.69 Å². The summed E-state index contributed by atoms with van der Waals surface area (Å²) in [4.78, 5) is 12.0. The highest BCUT2D eigenvalue weighted by Gasteiger charge is 2.17. The molecule has 0 radical (unpaired) electrons. The fraction of sp³-hybridized carbons (Fsp3) is 0.0952. The van der Waals surface area contributed by atoms with Crippen LogP contribution in [-0.2, 0) is 0 Å². The third kappa shape index (κ3) is 2.54. The van der Waals surface area contributed by atoms with Crippen molar-refractivity contribution in [3.05, 3.63) is 72.6 Å². The number of furan rings is 1. The van der Waals surface area contributed by atoms with Crippen LogP contribution in [0.25, 0.3) is 27.9 Å². The Balaban J connectivity index is 1.57. The van der Waals surface area contributed by atoms with Crippen LogP contribution >= 0.6 is 0 Å². The fourth-order valence-corrected chi connectivity index (χ4v) is 3.39. The molecule has 0 aliphatic rings. The molecule has 0 spiro atoms. The number of imidazole rings is 1. The molecule has 1 N–H and O–H groups in total. The van der Waals surface area contributed by atoms with E-state index < -0.39 is 0 Å². The van der Waals surface area contributed by atoms with Gasteiger partial charge in [-0.15, -0.1) is 0 Å². The van der Waals surface area contributed by atoms with Gasteiger partial charge >= 0.3 is 5.65 Å². The molecule has 0 saturated heterocycles. The minimum Gasteiger partial charge on any atom is -0.464 e. The molecule has 0 bridgehead atoms. The Morgan fingerprint density at radius 2 is 2.04 bits per heavy atom. The zero-order valence-corrected chi connectivity index (χ0v) is 14.9. The van der Waals surface area contributed by atoms with E-state index in [9.17, 15) is 0 Å². The van der Waals surface area contributed by atoms with Crippen LogP contribution in [0.5, 0.6) is 11.6 Å². The summed E-state index contributed by atoms with van der Waals surface area (Å²) in [6, 6.07) is 9.71. The van der Waals surface area contributed by atoms with E-state index in [1.54, 1.807) is 12.5 Å². The molecule has 5 aromatic rings. The molecule has 0 fully saturated rings. The van der Waals surface area contributed by atoms with Crippen molar-refractivity contribution in [2.45, 2.75) is 13.8 Å². The molecule has 0 saturated carbocycles. The Morgan fingerprint density at radius 1 is 1.11 bits per heavy atom. The first-order valence-corrected chi connectivity index (χ1v) is 8.66. The Kier molecular flexibility index (Phi) is 3.43.